The number of nitrogens with zero attached hydrogens (tertiary/aromatic N) is 1. The SMILES string of the molecule is C/C(C=O)=C\C=N\O. The van der Waals surface area contributed by atoms with Gasteiger partial charge in [-0.15, -0.1) is 0 Å². The Morgan fingerprint density at radius 2 is 2.38 bits per heavy atom. The van der Waals surface area contributed by atoms with Crippen LogP contribution in [0.3, 0.4) is 0 Å². The first-order valence-corrected chi connectivity index (χ1v) is 2.10. The van der Waals surface area contributed by atoms with Crippen LogP contribution in [0.2, 0.25) is 0 Å². The summed E-state index contributed by atoms with van der Waals surface area (Å²) in [5, 5.41) is 10.5. The lowest BCUT2D eigenvalue weighted by Gasteiger charge is -1.76. The molecule has 0 aliphatic carbocycles. The van der Waals surface area contributed by atoms with E-state index in [4.69, 9.17) is 5.21 Å². The molecule has 3 nitrogen and oxygen atoms in total. The van der Waals surface area contributed by atoms with Crippen molar-refractivity contribution in [3.8, 4) is 0 Å². The highest BCUT2D eigenvalue weighted by molar-refractivity contribution is 5.82. The van der Waals surface area contributed by atoms with Crippen LogP contribution in [-0.2, 0) is 4.79 Å². The molecule has 0 saturated heterocycles. The van der Waals surface area contributed by atoms with Gasteiger partial charge in [-0.05, 0) is 18.6 Å². The van der Waals surface area contributed by atoms with E-state index in [0.29, 0.717) is 11.9 Å². The maximum Gasteiger partial charge on any atom is 0.145 e. The van der Waals surface area contributed by atoms with Crippen molar-refractivity contribution in [3.05, 3.63) is 11.6 Å². The first-order chi connectivity index (χ1) is 3.81. The standard InChI is InChI=1S/C5H7NO2/c1-5(4-7)2-3-6-8/h2-4,8H,1H3/b5-2+,6-3+. The molecule has 0 aliphatic rings. The van der Waals surface area contributed by atoms with Crippen molar-refractivity contribution in [2.24, 2.45) is 5.16 Å². The summed E-state index contributed by atoms with van der Waals surface area (Å²) in [5.74, 6) is 0. The van der Waals surface area contributed by atoms with Gasteiger partial charge in [0.05, 0.1) is 6.21 Å². The van der Waals surface area contributed by atoms with Crippen molar-refractivity contribution in [1.82, 2.24) is 0 Å². The molecule has 0 aromatic heterocycles. The van der Waals surface area contributed by atoms with E-state index >= 15 is 0 Å². The van der Waals surface area contributed by atoms with Crippen molar-refractivity contribution in [2.75, 3.05) is 0 Å². The minimum absolute atomic E-state index is 0.530. The van der Waals surface area contributed by atoms with Crippen LogP contribution < -0.4 is 0 Å². The van der Waals surface area contributed by atoms with Gasteiger partial charge in [0.15, 0.2) is 0 Å². The molecule has 0 spiro atoms. The number of aldehydes is 1. The van der Waals surface area contributed by atoms with E-state index in [9.17, 15) is 4.79 Å². The lowest BCUT2D eigenvalue weighted by atomic mass is 10.3. The third kappa shape index (κ3) is 3.08. The maximum atomic E-state index is 9.80. The minimum atomic E-state index is 0.530. The molecule has 0 atom stereocenters. The van der Waals surface area contributed by atoms with Crippen molar-refractivity contribution < 1.29 is 10.0 Å². The Morgan fingerprint density at radius 1 is 1.75 bits per heavy atom. The molecule has 0 radical (unpaired) electrons. The molecule has 8 heavy (non-hydrogen) atoms. The van der Waals surface area contributed by atoms with Gasteiger partial charge in [0.2, 0.25) is 0 Å². The van der Waals surface area contributed by atoms with Crippen molar-refractivity contribution in [1.29, 1.82) is 0 Å². The molecule has 0 bridgehead atoms. The van der Waals surface area contributed by atoms with Crippen LogP contribution in [0, 0.1) is 0 Å². The van der Waals surface area contributed by atoms with Crippen LogP contribution in [0.5, 0.6) is 0 Å². The fourth-order valence-electron chi connectivity index (χ4n) is 0.190. The van der Waals surface area contributed by atoms with E-state index < -0.39 is 0 Å². The van der Waals surface area contributed by atoms with Crippen LogP contribution >= 0.6 is 0 Å². The van der Waals surface area contributed by atoms with Crippen LogP contribution in [0.25, 0.3) is 0 Å². The Bertz CT molecular complexity index is 126. The molecule has 0 saturated carbocycles. The number of hydrogen-bond acceptors (Lipinski definition) is 3. The third-order valence-electron chi connectivity index (χ3n) is 0.590. The zero-order valence-electron chi connectivity index (χ0n) is 4.53. The number of carbonyl (C=O) groups excluding carboxylic acids is 1. The first-order valence-electron chi connectivity index (χ1n) is 2.10. The van der Waals surface area contributed by atoms with Gasteiger partial charge >= 0.3 is 0 Å². The van der Waals surface area contributed by atoms with Crippen molar-refractivity contribution in [3.63, 3.8) is 0 Å². The topological polar surface area (TPSA) is 49.7 Å². The van der Waals surface area contributed by atoms with Gasteiger partial charge in [-0.2, -0.15) is 0 Å². The quantitative estimate of drug-likeness (QED) is 0.187. The molecular formula is C5H7NO2. The Hall–Kier alpha value is -1.12. The van der Waals surface area contributed by atoms with E-state index in [2.05, 4.69) is 5.16 Å². The third-order valence-corrected chi connectivity index (χ3v) is 0.590. The van der Waals surface area contributed by atoms with Crippen LogP contribution in [0.15, 0.2) is 16.8 Å². The average Bonchev–Trinajstić information content (AvgIpc) is 1.83. The van der Waals surface area contributed by atoms with Gasteiger partial charge in [-0.3, -0.25) is 4.79 Å². The van der Waals surface area contributed by atoms with E-state index in [1.165, 1.54) is 6.08 Å². The zero-order chi connectivity index (χ0) is 6.41. The summed E-state index contributed by atoms with van der Waals surface area (Å²) in [6, 6.07) is 0. The molecule has 0 amide bonds. The highest BCUT2D eigenvalue weighted by Gasteiger charge is 1.76. The van der Waals surface area contributed by atoms with Gasteiger partial charge in [0, 0.05) is 0 Å². The first kappa shape index (κ1) is 6.88. The van der Waals surface area contributed by atoms with Crippen LogP contribution in [-0.4, -0.2) is 17.7 Å². The average molecular weight is 113 g/mol. The van der Waals surface area contributed by atoms with Gasteiger partial charge < -0.3 is 5.21 Å². The van der Waals surface area contributed by atoms with Crippen molar-refractivity contribution >= 4 is 12.5 Å². The number of rotatable bonds is 2. The molecule has 3 heteroatoms. The zero-order valence-corrected chi connectivity index (χ0v) is 4.53. The fraction of sp³-hybridized carbons (Fsp3) is 0.200. The molecule has 0 fully saturated rings. The van der Waals surface area contributed by atoms with Crippen molar-refractivity contribution in [2.45, 2.75) is 6.92 Å². The van der Waals surface area contributed by atoms with Crippen LogP contribution in [0.1, 0.15) is 6.92 Å². The second kappa shape index (κ2) is 4.05. The van der Waals surface area contributed by atoms with Gasteiger partial charge in [0.1, 0.15) is 6.29 Å². The monoisotopic (exact) mass is 113 g/mol. The second-order valence-electron chi connectivity index (χ2n) is 1.29. The van der Waals surface area contributed by atoms with E-state index in [0.717, 1.165) is 6.21 Å². The summed E-state index contributed by atoms with van der Waals surface area (Å²) in [5.41, 5.74) is 0.530. The molecule has 0 heterocycles. The highest BCUT2D eigenvalue weighted by Crippen LogP contribution is 1.80. The Labute approximate surface area is 47.3 Å². The molecule has 44 valence electrons. The Balaban J connectivity index is 3.74. The predicted octanol–water partition coefficient (Wildman–Crippen LogP) is 0.592. The smallest absolute Gasteiger partial charge is 0.145 e. The minimum Gasteiger partial charge on any atom is -0.411 e. The molecule has 0 unspecified atom stereocenters. The second-order valence-corrected chi connectivity index (χ2v) is 1.29. The molecule has 0 aliphatic heterocycles. The lowest BCUT2D eigenvalue weighted by molar-refractivity contribution is -0.104. The summed E-state index contributed by atoms with van der Waals surface area (Å²) in [6.07, 6.45) is 3.23. The fourth-order valence-corrected chi connectivity index (χ4v) is 0.190. The van der Waals surface area contributed by atoms with E-state index in [-0.39, 0.29) is 0 Å². The Morgan fingerprint density at radius 3 is 2.75 bits per heavy atom. The highest BCUT2D eigenvalue weighted by atomic mass is 16.4. The molecule has 1 N–H and O–H groups in total. The van der Waals surface area contributed by atoms with Gasteiger partial charge in [0.25, 0.3) is 0 Å². The summed E-state index contributed by atoms with van der Waals surface area (Å²) in [4.78, 5) is 9.80. The number of allylic oxidation sites excluding steroid dienone is 2. The maximum absolute atomic E-state index is 9.80. The largest absolute Gasteiger partial charge is 0.411 e. The van der Waals surface area contributed by atoms with E-state index in [1.807, 2.05) is 0 Å². The lowest BCUT2D eigenvalue weighted by Crippen LogP contribution is -1.75. The predicted molar refractivity (Wildman–Crippen MR) is 30.1 cm³/mol. The van der Waals surface area contributed by atoms with E-state index in [1.54, 1.807) is 6.92 Å². The normalized spacial score (nSPS) is 12.4. The molecule has 0 aromatic rings. The number of hydrogen-bond donors (Lipinski definition) is 1. The van der Waals surface area contributed by atoms with Crippen LogP contribution in [0.4, 0.5) is 0 Å². The molecular weight excluding hydrogens is 106 g/mol. The summed E-state index contributed by atoms with van der Waals surface area (Å²) >= 11 is 0. The number of carbonyl (C=O) groups is 1. The molecule has 0 aromatic carbocycles. The summed E-state index contributed by atoms with van der Waals surface area (Å²) < 4.78 is 0. The Kier molecular flexibility index (Phi) is 3.48. The number of oxime groups is 1. The molecule has 0 rings (SSSR count). The summed E-state index contributed by atoms with van der Waals surface area (Å²) in [6.45, 7) is 1.62. The summed E-state index contributed by atoms with van der Waals surface area (Å²) in [7, 11) is 0. The van der Waals surface area contributed by atoms with Gasteiger partial charge in [-0.1, -0.05) is 5.16 Å². The van der Waals surface area contributed by atoms with Gasteiger partial charge in [-0.25, -0.2) is 0 Å².